The van der Waals surface area contributed by atoms with Gasteiger partial charge in [-0.3, -0.25) is 14.2 Å². The van der Waals surface area contributed by atoms with Crippen LogP contribution in [0.1, 0.15) is 35.1 Å². The molecular formula is C21H25N5O2. The van der Waals surface area contributed by atoms with Crippen molar-refractivity contribution in [1.82, 2.24) is 19.3 Å². The number of carbonyl (C=O) groups is 1. The molecule has 0 saturated heterocycles. The predicted molar refractivity (Wildman–Crippen MR) is 109 cm³/mol. The molecule has 3 rings (SSSR count). The second-order valence-electron chi connectivity index (χ2n) is 6.95. The van der Waals surface area contributed by atoms with Crippen LogP contribution in [0.2, 0.25) is 0 Å². The Balaban J connectivity index is 1.96. The number of aryl methyl sites for hydroxylation is 4. The number of rotatable bonds is 5. The maximum absolute atomic E-state index is 12.9. The lowest BCUT2D eigenvalue weighted by Crippen LogP contribution is -2.33. The highest BCUT2D eigenvalue weighted by atomic mass is 16.2. The summed E-state index contributed by atoms with van der Waals surface area (Å²) in [5.41, 5.74) is 4.45. The Morgan fingerprint density at radius 1 is 1.11 bits per heavy atom. The van der Waals surface area contributed by atoms with E-state index in [1.807, 2.05) is 44.2 Å². The Bertz CT molecular complexity index is 1080. The van der Waals surface area contributed by atoms with Gasteiger partial charge in [0.1, 0.15) is 6.54 Å². The minimum atomic E-state index is -0.292. The number of carbonyl (C=O) groups excluding carboxylic acids is 1. The maximum atomic E-state index is 12.9. The lowest BCUT2D eigenvalue weighted by atomic mass is 10.1. The van der Waals surface area contributed by atoms with Crippen LogP contribution in [0.4, 0.5) is 5.69 Å². The average molecular weight is 379 g/mol. The van der Waals surface area contributed by atoms with E-state index >= 15 is 0 Å². The molecule has 0 aliphatic heterocycles. The first-order valence-electron chi connectivity index (χ1n) is 9.30. The van der Waals surface area contributed by atoms with E-state index in [4.69, 9.17) is 0 Å². The fourth-order valence-electron chi connectivity index (χ4n) is 3.05. The number of hydrogen-bond acceptors (Lipinski definition) is 4. The number of hydrogen-bond donors (Lipinski definition) is 1. The first-order chi connectivity index (χ1) is 13.3. The molecule has 7 heteroatoms. The van der Waals surface area contributed by atoms with Crippen LogP contribution in [0.3, 0.4) is 0 Å². The van der Waals surface area contributed by atoms with Crippen LogP contribution >= 0.6 is 0 Å². The van der Waals surface area contributed by atoms with E-state index in [2.05, 4.69) is 22.3 Å². The quantitative estimate of drug-likeness (QED) is 0.739. The van der Waals surface area contributed by atoms with Gasteiger partial charge < -0.3 is 5.32 Å². The predicted octanol–water partition coefficient (Wildman–Crippen LogP) is 2.86. The van der Waals surface area contributed by atoms with Gasteiger partial charge in [-0.2, -0.15) is 5.10 Å². The van der Waals surface area contributed by atoms with E-state index < -0.39 is 0 Å². The second-order valence-corrected chi connectivity index (χ2v) is 6.95. The van der Waals surface area contributed by atoms with Gasteiger partial charge in [0.15, 0.2) is 0 Å². The number of nitrogens with zero attached hydrogens (tertiary/aromatic N) is 4. The molecule has 0 atom stereocenters. The van der Waals surface area contributed by atoms with Gasteiger partial charge in [-0.05, 0) is 57.9 Å². The van der Waals surface area contributed by atoms with Gasteiger partial charge in [0.05, 0.1) is 5.69 Å². The third-order valence-corrected chi connectivity index (χ3v) is 4.76. The van der Waals surface area contributed by atoms with Crippen LogP contribution < -0.4 is 10.9 Å². The minimum absolute atomic E-state index is 0.143. The van der Waals surface area contributed by atoms with Gasteiger partial charge >= 0.3 is 0 Å². The molecule has 2 heterocycles. The van der Waals surface area contributed by atoms with Crippen molar-refractivity contribution >= 4 is 11.6 Å². The van der Waals surface area contributed by atoms with Crippen molar-refractivity contribution in [3.05, 3.63) is 68.9 Å². The van der Waals surface area contributed by atoms with Crippen molar-refractivity contribution in [3.8, 4) is 5.95 Å². The second kappa shape index (κ2) is 7.80. The SMILES string of the molecule is CCc1ccc(NC(=O)Cn2c(-n3nc(C)cc3C)nc(C)c(C)c2=O)cc1. The van der Waals surface area contributed by atoms with Crippen LogP contribution in [0.15, 0.2) is 35.1 Å². The molecule has 2 aromatic heterocycles. The maximum Gasteiger partial charge on any atom is 0.258 e. The van der Waals surface area contributed by atoms with Crippen LogP contribution in [-0.2, 0) is 17.8 Å². The van der Waals surface area contributed by atoms with Gasteiger partial charge in [0, 0.05) is 22.6 Å². The molecule has 1 N–H and O–H groups in total. The molecule has 7 nitrogen and oxygen atoms in total. The Labute approximate surface area is 164 Å². The molecule has 146 valence electrons. The standard InChI is InChI=1S/C21H25N5O2/c1-6-17-7-9-18(10-8-17)23-19(27)12-25-20(28)15(4)16(5)22-21(25)26-14(3)11-13(2)24-26/h7-11H,6,12H2,1-5H3,(H,23,27). The fourth-order valence-corrected chi connectivity index (χ4v) is 3.05. The van der Waals surface area contributed by atoms with E-state index in [-0.39, 0.29) is 18.0 Å². The highest BCUT2D eigenvalue weighted by molar-refractivity contribution is 5.90. The highest BCUT2D eigenvalue weighted by Gasteiger charge is 2.18. The minimum Gasteiger partial charge on any atom is -0.325 e. The van der Waals surface area contributed by atoms with Crippen molar-refractivity contribution in [1.29, 1.82) is 0 Å². The average Bonchev–Trinajstić information content (AvgIpc) is 3.00. The normalized spacial score (nSPS) is 10.9. The summed E-state index contributed by atoms with van der Waals surface area (Å²) in [6.45, 7) is 9.20. The summed E-state index contributed by atoms with van der Waals surface area (Å²) in [6, 6.07) is 9.57. The molecule has 1 amide bonds. The summed E-state index contributed by atoms with van der Waals surface area (Å²) in [5, 5.41) is 7.27. The first-order valence-corrected chi connectivity index (χ1v) is 9.30. The molecule has 0 spiro atoms. The summed E-state index contributed by atoms with van der Waals surface area (Å²) in [7, 11) is 0. The Hall–Kier alpha value is -3.22. The van der Waals surface area contributed by atoms with Crippen molar-refractivity contribution in [2.45, 2.75) is 47.6 Å². The molecule has 1 aromatic carbocycles. The van der Waals surface area contributed by atoms with E-state index in [0.29, 0.717) is 22.9 Å². The molecule has 0 bridgehead atoms. The lowest BCUT2D eigenvalue weighted by molar-refractivity contribution is -0.116. The molecule has 0 aliphatic rings. The summed E-state index contributed by atoms with van der Waals surface area (Å²) < 4.78 is 2.98. The molecule has 3 aromatic rings. The summed E-state index contributed by atoms with van der Waals surface area (Å²) in [4.78, 5) is 30.0. The Morgan fingerprint density at radius 2 is 1.79 bits per heavy atom. The number of anilines is 1. The van der Waals surface area contributed by atoms with Crippen molar-refractivity contribution in [3.63, 3.8) is 0 Å². The molecule has 28 heavy (non-hydrogen) atoms. The summed E-state index contributed by atoms with van der Waals surface area (Å²) >= 11 is 0. The fraction of sp³-hybridized carbons (Fsp3) is 0.333. The van der Waals surface area contributed by atoms with Crippen molar-refractivity contribution < 1.29 is 4.79 Å². The summed E-state index contributed by atoms with van der Waals surface area (Å²) in [5.74, 6) is 0.0503. The largest absolute Gasteiger partial charge is 0.325 e. The smallest absolute Gasteiger partial charge is 0.258 e. The lowest BCUT2D eigenvalue weighted by Gasteiger charge is -2.15. The highest BCUT2D eigenvalue weighted by Crippen LogP contribution is 2.13. The van der Waals surface area contributed by atoms with Crippen molar-refractivity contribution in [2.24, 2.45) is 0 Å². The van der Waals surface area contributed by atoms with E-state index in [1.54, 1.807) is 18.5 Å². The molecule has 0 radical (unpaired) electrons. The third kappa shape index (κ3) is 3.88. The van der Waals surface area contributed by atoms with Crippen LogP contribution in [0, 0.1) is 27.7 Å². The molecule has 0 fully saturated rings. The van der Waals surface area contributed by atoms with Crippen molar-refractivity contribution in [2.75, 3.05) is 5.32 Å². The van der Waals surface area contributed by atoms with Crippen LogP contribution in [0.25, 0.3) is 5.95 Å². The third-order valence-electron chi connectivity index (χ3n) is 4.76. The van der Waals surface area contributed by atoms with Gasteiger partial charge in [0.25, 0.3) is 5.56 Å². The zero-order valence-electron chi connectivity index (χ0n) is 16.9. The monoisotopic (exact) mass is 379 g/mol. The van der Waals surface area contributed by atoms with E-state index in [9.17, 15) is 9.59 Å². The number of nitrogens with one attached hydrogen (secondary N) is 1. The summed E-state index contributed by atoms with van der Waals surface area (Å²) in [6.07, 6.45) is 0.934. The van der Waals surface area contributed by atoms with E-state index in [0.717, 1.165) is 17.8 Å². The zero-order valence-corrected chi connectivity index (χ0v) is 16.9. The topological polar surface area (TPSA) is 81.8 Å². The molecular weight excluding hydrogens is 354 g/mol. The molecule has 0 saturated carbocycles. The number of amides is 1. The first kappa shape index (κ1) is 19.5. The van der Waals surface area contributed by atoms with Crippen LogP contribution in [-0.4, -0.2) is 25.2 Å². The van der Waals surface area contributed by atoms with Gasteiger partial charge in [-0.15, -0.1) is 0 Å². The number of aromatic nitrogens is 4. The van der Waals surface area contributed by atoms with Gasteiger partial charge in [-0.1, -0.05) is 19.1 Å². The molecule has 0 aliphatic carbocycles. The van der Waals surface area contributed by atoms with E-state index in [1.165, 1.54) is 10.1 Å². The Morgan fingerprint density at radius 3 is 2.36 bits per heavy atom. The Kier molecular flexibility index (Phi) is 5.44. The zero-order chi connectivity index (χ0) is 20.4. The van der Waals surface area contributed by atoms with Gasteiger partial charge in [-0.25, -0.2) is 9.67 Å². The number of benzene rings is 1. The van der Waals surface area contributed by atoms with Gasteiger partial charge in [0.2, 0.25) is 11.9 Å². The van der Waals surface area contributed by atoms with Crippen LogP contribution in [0.5, 0.6) is 0 Å². The molecule has 0 unspecified atom stereocenters.